The molecule has 8 heteroatoms. The van der Waals surface area contributed by atoms with Gasteiger partial charge in [-0.05, 0) is 73.4 Å². The Hall–Kier alpha value is -4.33. The molecule has 0 aromatic heterocycles. The number of carbonyl (C=O) groups excluding carboxylic acids is 2. The third-order valence-corrected chi connectivity index (χ3v) is 7.88. The van der Waals surface area contributed by atoms with Crippen molar-refractivity contribution in [2.75, 3.05) is 13.2 Å². The van der Waals surface area contributed by atoms with Gasteiger partial charge in [0.05, 0.1) is 12.1 Å². The van der Waals surface area contributed by atoms with Crippen molar-refractivity contribution in [3.8, 4) is 11.1 Å². The number of amides is 2. The molecule has 220 valence electrons. The van der Waals surface area contributed by atoms with E-state index >= 15 is 0 Å². The van der Waals surface area contributed by atoms with Gasteiger partial charge in [0.15, 0.2) is 0 Å². The Morgan fingerprint density at radius 2 is 1.50 bits per heavy atom. The minimum absolute atomic E-state index is 0.0916. The number of alkyl carbamates (subject to hydrolysis) is 1. The molecule has 2 amide bonds. The normalized spacial score (nSPS) is 17.4. The Bertz CT molecular complexity index is 1420. The molecule has 2 N–H and O–H groups in total. The molecule has 0 bridgehead atoms. The number of rotatable bonds is 8. The standard InChI is InChI=1S/C34H38N2O6/c1-34(2,3)42-32(39)35-29-19-18-22-11-4-5-12-23(22)31(29)36(20-10-17-30(37)38)33(40)41-21-28-26-15-8-6-13-24(26)25-14-7-9-16-27(25)28/h4-9,11-16,28-29,31H,10,17-21H2,1-3H3,(H,35,39)(H,37,38). The minimum atomic E-state index is -0.935. The first kappa shape index (κ1) is 29.2. The van der Waals surface area contributed by atoms with Crippen LogP contribution >= 0.6 is 0 Å². The monoisotopic (exact) mass is 570 g/mol. The maximum atomic E-state index is 14.0. The van der Waals surface area contributed by atoms with Crippen molar-refractivity contribution < 1.29 is 29.0 Å². The zero-order valence-electron chi connectivity index (χ0n) is 24.3. The number of hydrogen-bond acceptors (Lipinski definition) is 5. The molecule has 3 aromatic carbocycles. The molecule has 42 heavy (non-hydrogen) atoms. The molecule has 2 atom stereocenters. The zero-order chi connectivity index (χ0) is 29.9. The molecule has 0 saturated carbocycles. The topological polar surface area (TPSA) is 105 Å². The van der Waals surface area contributed by atoms with Gasteiger partial charge in [-0.3, -0.25) is 9.69 Å². The van der Waals surface area contributed by atoms with E-state index in [4.69, 9.17) is 9.47 Å². The number of carboxylic acids is 1. The van der Waals surface area contributed by atoms with Crippen LogP contribution in [0.2, 0.25) is 0 Å². The highest BCUT2D eigenvalue weighted by Crippen LogP contribution is 2.45. The quantitative estimate of drug-likeness (QED) is 0.313. The van der Waals surface area contributed by atoms with Gasteiger partial charge in [-0.25, -0.2) is 9.59 Å². The van der Waals surface area contributed by atoms with Crippen molar-refractivity contribution >= 4 is 18.2 Å². The Balaban J connectivity index is 1.43. The molecule has 8 nitrogen and oxygen atoms in total. The third kappa shape index (κ3) is 6.43. The lowest BCUT2D eigenvalue weighted by molar-refractivity contribution is -0.137. The molecule has 3 aromatic rings. The first-order valence-corrected chi connectivity index (χ1v) is 14.5. The fourth-order valence-electron chi connectivity index (χ4n) is 6.15. The van der Waals surface area contributed by atoms with Crippen LogP contribution in [-0.4, -0.2) is 53.0 Å². The lowest BCUT2D eigenvalue weighted by Gasteiger charge is -2.41. The van der Waals surface area contributed by atoms with Gasteiger partial charge in [-0.2, -0.15) is 0 Å². The highest BCUT2D eigenvalue weighted by atomic mass is 16.6. The summed E-state index contributed by atoms with van der Waals surface area (Å²) in [6, 6.07) is 23.2. The molecule has 0 fully saturated rings. The first-order valence-electron chi connectivity index (χ1n) is 14.5. The number of carbonyl (C=O) groups is 3. The summed E-state index contributed by atoms with van der Waals surface area (Å²) in [4.78, 5) is 39.8. The zero-order valence-corrected chi connectivity index (χ0v) is 24.3. The van der Waals surface area contributed by atoms with Crippen LogP contribution in [0, 0.1) is 0 Å². The van der Waals surface area contributed by atoms with Crippen molar-refractivity contribution in [1.82, 2.24) is 10.2 Å². The molecule has 0 heterocycles. The SMILES string of the molecule is CC(C)(C)OC(=O)NC1CCc2ccccc2C1N(CCCC(=O)O)C(=O)OCC1c2ccccc2-c2ccccc21. The van der Waals surface area contributed by atoms with E-state index in [1.165, 1.54) is 0 Å². The molecule has 5 rings (SSSR count). The summed E-state index contributed by atoms with van der Waals surface area (Å²) in [5.74, 6) is -1.05. The average molecular weight is 571 g/mol. The molecule has 2 unspecified atom stereocenters. The number of fused-ring (bicyclic) bond motifs is 4. The van der Waals surface area contributed by atoms with E-state index in [1.54, 1.807) is 25.7 Å². The van der Waals surface area contributed by atoms with Crippen LogP contribution in [0.25, 0.3) is 11.1 Å². The summed E-state index contributed by atoms with van der Waals surface area (Å²) in [5.41, 5.74) is 5.80. The van der Waals surface area contributed by atoms with Gasteiger partial charge in [0.1, 0.15) is 12.2 Å². The Kier molecular flexibility index (Phi) is 8.52. The predicted octanol–water partition coefficient (Wildman–Crippen LogP) is 6.68. The molecular formula is C34H38N2O6. The molecule has 0 spiro atoms. The molecule has 0 saturated heterocycles. The van der Waals surface area contributed by atoms with E-state index in [2.05, 4.69) is 29.6 Å². The van der Waals surface area contributed by atoms with Gasteiger partial charge in [-0.15, -0.1) is 0 Å². The van der Waals surface area contributed by atoms with Crippen molar-refractivity contribution in [3.63, 3.8) is 0 Å². The van der Waals surface area contributed by atoms with E-state index in [1.807, 2.05) is 48.5 Å². The fourth-order valence-corrected chi connectivity index (χ4v) is 6.15. The largest absolute Gasteiger partial charge is 0.481 e. The maximum absolute atomic E-state index is 14.0. The predicted molar refractivity (Wildman–Crippen MR) is 159 cm³/mol. The van der Waals surface area contributed by atoms with Gasteiger partial charge in [0.2, 0.25) is 0 Å². The Labute approximate surface area is 246 Å². The second-order valence-corrected chi connectivity index (χ2v) is 11.9. The van der Waals surface area contributed by atoms with Crippen molar-refractivity contribution in [2.24, 2.45) is 0 Å². The van der Waals surface area contributed by atoms with Crippen LogP contribution in [0.15, 0.2) is 72.8 Å². The van der Waals surface area contributed by atoms with Crippen LogP contribution in [0.5, 0.6) is 0 Å². The number of aliphatic carboxylic acids is 1. The van der Waals surface area contributed by atoms with Crippen molar-refractivity contribution in [1.29, 1.82) is 0 Å². The number of carboxylic acid groups (broad SMARTS) is 1. The lowest BCUT2D eigenvalue weighted by atomic mass is 9.83. The molecular weight excluding hydrogens is 532 g/mol. The number of nitrogens with one attached hydrogen (secondary N) is 1. The molecule has 2 aliphatic carbocycles. The molecule has 0 aliphatic heterocycles. The van der Waals surface area contributed by atoms with E-state index < -0.39 is 35.8 Å². The second kappa shape index (κ2) is 12.3. The minimum Gasteiger partial charge on any atom is -0.481 e. The first-order chi connectivity index (χ1) is 20.1. The summed E-state index contributed by atoms with van der Waals surface area (Å²) in [6.45, 7) is 5.70. The van der Waals surface area contributed by atoms with Gasteiger partial charge >= 0.3 is 18.2 Å². The van der Waals surface area contributed by atoms with Gasteiger partial charge in [0, 0.05) is 18.9 Å². The maximum Gasteiger partial charge on any atom is 0.410 e. The fraction of sp³-hybridized carbons (Fsp3) is 0.382. The smallest absolute Gasteiger partial charge is 0.410 e. The van der Waals surface area contributed by atoms with Gasteiger partial charge in [0.25, 0.3) is 0 Å². The summed E-state index contributed by atoms with van der Waals surface area (Å²) < 4.78 is 11.6. The number of ether oxygens (including phenoxy) is 2. The van der Waals surface area contributed by atoms with E-state index in [9.17, 15) is 19.5 Å². The van der Waals surface area contributed by atoms with Crippen LogP contribution in [0.1, 0.15) is 74.2 Å². The van der Waals surface area contributed by atoms with E-state index in [-0.39, 0.29) is 31.9 Å². The van der Waals surface area contributed by atoms with Gasteiger partial charge in [-0.1, -0.05) is 72.8 Å². The van der Waals surface area contributed by atoms with Crippen molar-refractivity contribution in [3.05, 3.63) is 95.1 Å². The van der Waals surface area contributed by atoms with Crippen molar-refractivity contribution in [2.45, 2.75) is 70.1 Å². The van der Waals surface area contributed by atoms with Crippen LogP contribution in [-0.2, 0) is 20.7 Å². The molecule has 2 aliphatic rings. The summed E-state index contributed by atoms with van der Waals surface area (Å²) in [7, 11) is 0. The van der Waals surface area contributed by atoms with Gasteiger partial charge < -0.3 is 19.9 Å². The number of aryl methyl sites for hydroxylation is 1. The van der Waals surface area contributed by atoms with E-state index in [0.717, 1.165) is 39.8 Å². The van der Waals surface area contributed by atoms with E-state index in [0.29, 0.717) is 6.42 Å². The summed E-state index contributed by atoms with van der Waals surface area (Å²) >= 11 is 0. The average Bonchev–Trinajstić information content (AvgIpc) is 3.27. The van der Waals surface area contributed by atoms with Crippen LogP contribution in [0.4, 0.5) is 9.59 Å². The third-order valence-electron chi connectivity index (χ3n) is 7.88. The highest BCUT2D eigenvalue weighted by Gasteiger charge is 2.39. The Morgan fingerprint density at radius 1 is 0.905 bits per heavy atom. The van der Waals surface area contributed by atoms with Crippen LogP contribution in [0.3, 0.4) is 0 Å². The molecule has 0 radical (unpaired) electrons. The second-order valence-electron chi connectivity index (χ2n) is 11.9. The number of benzene rings is 3. The highest BCUT2D eigenvalue weighted by molar-refractivity contribution is 5.79. The summed E-state index contributed by atoms with van der Waals surface area (Å²) in [5, 5.41) is 12.3. The number of nitrogens with zero attached hydrogens (tertiary/aromatic N) is 1. The summed E-state index contributed by atoms with van der Waals surface area (Å²) in [6.07, 6.45) is 0.367. The number of hydrogen-bond donors (Lipinski definition) is 2. The Morgan fingerprint density at radius 3 is 2.12 bits per heavy atom. The lowest BCUT2D eigenvalue weighted by Crippen LogP contribution is -2.51. The van der Waals surface area contributed by atoms with Crippen LogP contribution < -0.4 is 5.32 Å².